The summed E-state index contributed by atoms with van der Waals surface area (Å²) >= 11 is 0. The second-order valence-electron chi connectivity index (χ2n) is 1.76. The second-order valence-corrected chi connectivity index (χ2v) is 1.76. The van der Waals surface area contributed by atoms with Crippen LogP contribution in [0.2, 0.25) is 0 Å². The van der Waals surface area contributed by atoms with Gasteiger partial charge in [-0.15, -0.1) is 0 Å². The molecule has 0 spiro atoms. The van der Waals surface area contributed by atoms with Crippen molar-refractivity contribution in [2.24, 2.45) is 5.10 Å². The zero-order chi connectivity index (χ0) is 6.69. The molecule has 0 unspecified atom stereocenters. The zero-order valence-corrected chi connectivity index (χ0v) is 4.76. The molecule has 1 heterocycles. The minimum atomic E-state index is -0.197. The number of hydrogen-bond acceptors (Lipinski definition) is 3. The maximum Gasteiger partial charge on any atom is 0.240 e. The molecule has 4 nitrogen and oxygen atoms in total. The predicted octanol–water partition coefficient (Wildman–Crippen LogP) is -0.549. The van der Waals surface area contributed by atoms with Gasteiger partial charge in [0.05, 0.1) is 6.21 Å². The molecule has 0 aromatic heterocycles. The fraction of sp³-hybridized carbons (Fsp3) is 0.400. The second kappa shape index (κ2) is 2.39. The van der Waals surface area contributed by atoms with Crippen molar-refractivity contribution in [3.63, 3.8) is 0 Å². The summed E-state index contributed by atoms with van der Waals surface area (Å²) < 4.78 is 0. The van der Waals surface area contributed by atoms with Gasteiger partial charge in [-0.25, -0.2) is 5.43 Å². The molecular formula is C5H6N2O2. The highest BCUT2D eigenvalue weighted by Crippen LogP contribution is 1.92. The van der Waals surface area contributed by atoms with Crippen LogP contribution in [0.5, 0.6) is 0 Å². The third kappa shape index (κ3) is 1.64. The molecule has 0 saturated carbocycles. The van der Waals surface area contributed by atoms with Crippen molar-refractivity contribution in [2.45, 2.75) is 12.8 Å². The van der Waals surface area contributed by atoms with Gasteiger partial charge in [-0.05, 0) is 0 Å². The van der Waals surface area contributed by atoms with Crippen molar-refractivity contribution in [1.82, 2.24) is 5.43 Å². The van der Waals surface area contributed by atoms with Crippen LogP contribution in [-0.2, 0) is 9.59 Å². The number of nitrogens with one attached hydrogen (secondary N) is 1. The van der Waals surface area contributed by atoms with Crippen molar-refractivity contribution in [3.8, 4) is 0 Å². The maximum atomic E-state index is 10.5. The lowest BCUT2D eigenvalue weighted by Gasteiger charge is -1.88. The van der Waals surface area contributed by atoms with E-state index in [0.29, 0.717) is 0 Å². The average Bonchev–Trinajstić information content (AvgIpc) is 1.97. The normalized spacial score (nSPS) is 19.1. The van der Waals surface area contributed by atoms with Gasteiger partial charge in [-0.1, -0.05) is 0 Å². The molecule has 0 fully saturated rings. The Morgan fingerprint density at radius 1 is 1.44 bits per heavy atom. The van der Waals surface area contributed by atoms with Gasteiger partial charge in [0.2, 0.25) is 5.91 Å². The molecule has 0 aromatic rings. The Morgan fingerprint density at radius 3 is 3.00 bits per heavy atom. The van der Waals surface area contributed by atoms with E-state index in [1.807, 2.05) is 0 Å². The Balaban J connectivity index is 2.58. The molecule has 4 heteroatoms. The third-order valence-electron chi connectivity index (χ3n) is 0.996. The number of hydrogen-bond donors (Lipinski definition) is 1. The Morgan fingerprint density at radius 2 is 2.22 bits per heavy atom. The van der Waals surface area contributed by atoms with E-state index < -0.39 is 0 Å². The fourth-order valence-electron chi connectivity index (χ4n) is 0.533. The monoisotopic (exact) mass is 126 g/mol. The lowest BCUT2D eigenvalue weighted by atomic mass is 10.2. The summed E-state index contributed by atoms with van der Waals surface area (Å²) in [5, 5.41) is 3.36. The Hall–Kier alpha value is -1.19. The first-order valence-corrected chi connectivity index (χ1v) is 2.64. The number of Topliss-reactive ketones (excluding diaryl/α,β-unsaturated/α-hetero) is 1. The molecule has 0 atom stereocenters. The largest absolute Gasteiger partial charge is 0.293 e. The Bertz CT molecular complexity index is 174. The quantitative estimate of drug-likeness (QED) is 0.473. The van der Waals surface area contributed by atoms with Crippen LogP contribution < -0.4 is 5.43 Å². The molecule has 1 aliphatic heterocycles. The molecule has 1 rings (SSSR count). The molecule has 0 aromatic carbocycles. The van der Waals surface area contributed by atoms with E-state index >= 15 is 0 Å². The van der Waals surface area contributed by atoms with E-state index in [2.05, 4.69) is 10.5 Å². The SMILES string of the molecule is O=C1C=NNC(=O)CC1. The summed E-state index contributed by atoms with van der Waals surface area (Å²) in [6.45, 7) is 0. The molecule has 48 valence electrons. The molecule has 0 radical (unpaired) electrons. The number of rotatable bonds is 0. The van der Waals surface area contributed by atoms with Crippen LogP contribution in [0, 0.1) is 0 Å². The number of hydrazone groups is 1. The standard InChI is InChI=1S/C5H6N2O2/c8-4-1-2-5(9)7-6-3-4/h3H,1-2H2,(H,7,9). The van der Waals surface area contributed by atoms with Gasteiger partial charge in [0.25, 0.3) is 0 Å². The van der Waals surface area contributed by atoms with Crippen LogP contribution in [0.3, 0.4) is 0 Å². The fourth-order valence-corrected chi connectivity index (χ4v) is 0.533. The van der Waals surface area contributed by atoms with E-state index in [1.54, 1.807) is 0 Å². The van der Waals surface area contributed by atoms with E-state index in [4.69, 9.17) is 0 Å². The number of amides is 1. The topological polar surface area (TPSA) is 58.5 Å². The number of ketones is 1. The van der Waals surface area contributed by atoms with Crippen molar-refractivity contribution >= 4 is 17.9 Å². The molecule has 0 bridgehead atoms. The first-order chi connectivity index (χ1) is 4.29. The third-order valence-corrected chi connectivity index (χ3v) is 0.996. The molecule has 1 N–H and O–H groups in total. The van der Waals surface area contributed by atoms with Crippen LogP contribution >= 0.6 is 0 Å². The Labute approximate surface area is 51.9 Å². The van der Waals surface area contributed by atoms with Crippen molar-refractivity contribution < 1.29 is 9.59 Å². The lowest BCUT2D eigenvalue weighted by molar-refractivity contribution is -0.122. The first-order valence-electron chi connectivity index (χ1n) is 2.64. The summed E-state index contributed by atoms with van der Waals surface area (Å²) in [5.74, 6) is -0.301. The minimum Gasteiger partial charge on any atom is -0.293 e. The number of carbonyl (C=O) groups is 2. The van der Waals surface area contributed by atoms with Crippen molar-refractivity contribution in [3.05, 3.63) is 0 Å². The van der Waals surface area contributed by atoms with Gasteiger partial charge in [-0.3, -0.25) is 9.59 Å². The van der Waals surface area contributed by atoms with Gasteiger partial charge < -0.3 is 0 Å². The summed E-state index contributed by atoms with van der Waals surface area (Å²) in [6.07, 6.45) is 1.65. The van der Waals surface area contributed by atoms with Crippen LogP contribution in [-0.4, -0.2) is 17.9 Å². The highest BCUT2D eigenvalue weighted by Gasteiger charge is 2.07. The van der Waals surface area contributed by atoms with Crippen LogP contribution in [0.1, 0.15) is 12.8 Å². The van der Waals surface area contributed by atoms with Crippen LogP contribution in [0.4, 0.5) is 0 Å². The Kier molecular flexibility index (Phi) is 1.58. The number of nitrogens with zero attached hydrogens (tertiary/aromatic N) is 1. The predicted molar refractivity (Wildman–Crippen MR) is 30.9 cm³/mol. The molecule has 0 saturated heterocycles. The van der Waals surface area contributed by atoms with Gasteiger partial charge in [0.15, 0.2) is 5.78 Å². The van der Waals surface area contributed by atoms with Crippen LogP contribution in [0.15, 0.2) is 5.10 Å². The summed E-state index contributed by atoms with van der Waals surface area (Å²) in [6, 6.07) is 0. The number of carbonyl (C=O) groups excluding carboxylic acids is 2. The van der Waals surface area contributed by atoms with E-state index in [0.717, 1.165) is 6.21 Å². The maximum absolute atomic E-state index is 10.5. The summed E-state index contributed by atoms with van der Waals surface area (Å²) in [7, 11) is 0. The minimum absolute atomic E-state index is 0.103. The molecule has 1 amide bonds. The average molecular weight is 126 g/mol. The highest BCUT2D eigenvalue weighted by molar-refractivity contribution is 6.28. The van der Waals surface area contributed by atoms with Gasteiger partial charge in [0, 0.05) is 12.8 Å². The van der Waals surface area contributed by atoms with Crippen molar-refractivity contribution in [2.75, 3.05) is 0 Å². The van der Waals surface area contributed by atoms with Crippen molar-refractivity contribution in [1.29, 1.82) is 0 Å². The van der Waals surface area contributed by atoms with Gasteiger partial charge in [-0.2, -0.15) is 5.10 Å². The molecule has 0 aliphatic carbocycles. The van der Waals surface area contributed by atoms with Gasteiger partial charge >= 0.3 is 0 Å². The molecule has 9 heavy (non-hydrogen) atoms. The molecule has 1 aliphatic rings. The van der Waals surface area contributed by atoms with E-state index in [-0.39, 0.29) is 24.5 Å². The summed E-state index contributed by atoms with van der Waals surface area (Å²) in [4.78, 5) is 20.9. The van der Waals surface area contributed by atoms with E-state index in [1.165, 1.54) is 0 Å². The van der Waals surface area contributed by atoms with E-state index in [9.17, 15) is 9.59 Å². The lowest BCUT2D eigenvalue weighted by Crippen LogP contribution is -2.14. The van der Waals surface area contributed by atoms with Gasteiger partial charge in [0.1, 0.15) is 0 Å². The zero-order valence-electron chi connectivity index (χ0n) is 4.76. The first kappa shape index (κ1) is 5.94. The highest BCUT2D eigenvalue weighted by atomic mass is 16.2. The summed E-state index contributed by atoms with van der Waals surface area (Å²) in [5.41, 5.74) is 2.18. The smallest absolute Gasteiger partial charge is 0.240 e. The molecular weight excluding hydrogens is 120 g/mol. The van der Waals surface area contributed by atoms with Crippen LogP contribution in [0.25, 0.3) is 0 Å².